The van der Waals surface area contributed by atoms with Crippen LogP contribution in [0.2, 0.25) is 0 Å². The first-order valence-corrected chi connectivity index (χ1v) is 10.9. The van der Waals surface area contributed by atoms with E-state index in [-0.39, 0.29) is 5.97 Å². The molecule has 1 heterocycles. The number of carbonyl (C=O) groups excluding carboxylic acids is 1. The quantitative estimate of drug-likeness (QED) is 0.381. The van der Waals surface area contributed by atoms with Crippen molar-refractivity contribution in [2.45, 2.75) is 18.2 Å². The highest BCUT2D eigenvalue weighted by atomic mass is 79.9. The third kappa shape index (κ3) is 7.77. The molecule has 3 rings (SSSR count). The Kier molecular flexibility index (Phi) is 9.60. The van der Waals surface area contributed by atoms with Gasteiger partial charge in [0, 0.05) is 26.9 Å². The van der Waals surface area contributed by atoms with Gasteiger partial charge in [-0.25, -0.2) is 4.79 Å². The Morgan fingerprint density at radius 2 is 1.97 bits per heavy atom. The lowest BCUT2D eigenvalue weighted by Gasteiger charge is -2.05. The van der Waals surface area contributed by atoms with Crippen LogP contribution in [0.4, 0.5) is 0 Å². The van der Waals surface area contributed by atoms with E-state index in [9.17, 15) is 4.79 Å². The van der Waals surface area contributed by atoms with Crippen LogP contribution in [0.1, 0.15) is 18.9 Å². The number of rotatable bonds is 5. The van der Waals surface area contributed by atoms with Gasteiger partial charge in [-0.15, -0.1) is 11.8 Å². The Labute approximate surface area is 183 Å². The molecule has 2 N–H and O–H groups in total. The molecule has 0 spiro atoms. The van der Waals surface area contributed by atoms with Crippen molar-refractivity contribution < 1.29 is 29.0 Å². The molecule has 29 heavy (non-hydrogen) atoms. The predicted molar refractivity (Wildman–Crippen MR) is 118 cm³/mol. The zero-order valence-corrected chi connectivity index (χ0v) is 18.5. The minimum absolute atomic E-state index is 0.260. The number of ether oxygens (including phenoxy) is 2. The largest absolute Gasteiger partial charge is 0.707 e. The van der Waals surface area contributed by atoms with Crippen LogP contribution in [0.5, 0.6) is 11.5 Å². The van der Waals surface area contributed by atoms with E-state index in [1.807, 2.05) is 42.7 Å². The van der Waals surface area contributed by atoms with E-state index in [4.69, 9.17) is 19.5 Å². The predicted octanol–water partition coefficient (Wildman–Crippen LogP) is 3.93. The Bertz CT molecular complexity index is 841. The first-order valence-electron chi connectivity index (χ1n) is 8.89. The number of hydrogen-bond donors (Lipinski definition) is 2. The van der Waals surface area contributed by atoms with Gasteiger partial charge in [-0.3, -0.25) is 0 Å². The summed E-state index contributed by atoms with van der Waals surface area (Å²) in [5.41, 5.74) is 1.56. The average molecular weight is 481 g/mol. The smallest absolute Gasteiger partial charge is 0.512 e. The summed E-state index contributed by atoms with van der Waals surface area (Å²) in [7, 11) is -1.75. The second kappa shape index (κ2) is 11.9. The van der Waals surface area contributed by atoms with Crippen molar-refractivity contribution in [3.05, 3.63) is 58.1 Å². The minimum Gasteiger partial charge on any atom is -0.512 e. The van der Waals surface area contributed by atoms with Crippen molar-refractivity contribution in [3.8, 4) is 11.5 Å². The van der Waals surface area contributed by atoms with Crippen molar-refractivity contribution in [3.63, 3.8) is 0 Å². The van der Waals surface area contributed by atoms with Crippen LogP contribution in [-0.4, -0.2) is 42.8 Å². The molecule has 1 aliphatic heterocycles. The maximum atomic E-state index is 11.7. The van der Waals surface area contributed by atoms with Gasteiger partial charge < -0.3 is 24.2 Å². The number of carbonyl (C=O) groups is 1. The van der Waals surface area contributed by atoms with Crippen LogP contribution in [0.3, 0.4) is 0 Å². The number of halogens is 1. The third-order valence-electron chi connectivity index (χ3n) is 3.77. The van der Waals surface area contributed by atoms with Gasteiger partial charge in [0.1, 0.15) is 11.5 Å². The van der Waals surface area contributed by atoms with Crippen LogP contribution in [0.15, 0.2) is 57.4 Å². The molecule has 0 atom stereocenters. The zero-order chi connectivity index (χ0) is 21.2. The summed E-state index contributed by atoms with van der Waals surface area (Å²) < 4.78 is 16.2. The summed E-state index contributed by atoms with van der Waals surface area (Å²) in [6.45, 7) is 2.69. The van der Waals surface area contributed by atoms with Crippen LogP contribution >= 0.6 is 27.7 Å². The molecule has 6 nitrogen and oxygen atoms in total. The summed E-state index contributed by atoms with van der Waals surface area (Å²) in [6.07, 6.45) is 4.38. The molecule has 154 valence electrons. The van der Waals surface area contributed by atoms with Crippen molar-refractivity contribution in [2.75, 3.05) is 19.5 Å². The Morgan fingerprint density at radius 3 is 2.59 bits per heavy atom. The van der Waals surface area contributed by atoms with Gasteiger partial charge in [-0.05, 0) is 61.7 Å². The average Bonchev–Trinajstić information content (AvgIpc) is 2.91. The van der Waals surface area contributed by atoms with Crippen LogP contribution in [0, 0.1) is 0 Å². The minimum atomic E-state index is -1.75. The molecule has 0 unspecified atom stereocenters. The summed E-state index contributed by atoms with van der Waals surface area (Å²) >= 11 is 5.02. The summed E-state index contributed by atoms with van der Waals surface area (Å²) in [5.74, 6) is 0.985. The molecular formula is C20H22BBrO6S. The van der Waals surface area contributed by atoms with Gasteiger partial charge in [0.25, 0.3) is 0 Å². The van der Waals surface area contributed by atoms with E-state index >= 15 is 0 Å². The number of fused-ring (bicyclic) bond motifs is 1. The normalized spacial score (nSPS) is 12.2. The van der Waals surface area contributed by atoms with Crippen LogP contribution < -0.4 is 9.39 Å². The molecule has 0 fully saturated rings. The van der Waals surface area contributed by atoms with E-state index in [0.717, 1.165) is 20.7 Å². The SMILES string of the molecule is CCOC(=O)C1=Cc2cc(Br)ccc2OCC1.CSc1ccc(OB(O)O)cc1. The van der Waals surface area contributed by atoms with Gasteiger partial charge in [0.2, 0.25) is 0 Å². The fraction of sp³-hybridized carbons (Fsp3) is 0.250. The molecule has 0 amide bonds. The second-order valence-corrected chi connectivity index (χ2v) is 7.59. The Hall–Kier alpha value is -1.94. The molecule has 9 heteroatoms. The number of hydrogen-bond acceptors (Lipinski definition) is 7. The third-order valence-corrected chi connectivity index (χ3v) is 5.01. The van der Waals surface area contributed by atoms with Crippen molar-refractivity contribution in [1.82, 2.24) is 0 Å². The zero-order valence-electron chi connectivity index (χ0n) is 16.1. The fourth-order valence-corrected chi connectivity index (χ4v) is 3.24. The van der Waals surface area contributed by atoms with Gasteiger partial charge >= 0.3 is 13.3 Å². The lowest BCUT2D eigenvalue weighted by molar-refractivity contribution is -0.138. The Morgan fingerprint density at radius 1 is 1.24 bits per heavy atom. The van der Waals surface area contributed by atoms with Gasteiger partial charge in [-0.1, -0.05) is 15.9 Å². The van der Waals surface area contributed by atoms with Crippen molar-refractivity contribution >= 4 is 47.1 Å². The molecule has 0 saturated carbocycles. The number of benzene rings is 2. The first-order chi connectivity index (χ1) is 13.9. The Balaban J connectivity index is 0.000000221. The highest BCUT2D eigenvalue weighted by molar-refractivity contribution is 9.10. The van der Waals surface area contributed by atoms with E-state index in [2.05, 4.69) is 20.6 Å². The molecule has 2 aromatic carbocycles. The first kappa shape index (κ1) is 23.3. The summed E-state index contributed by atoms with van der Waals surface area (Å²) in [5, 5.41) is 16.9. The van der Waals surface area contributed by atoms with Crippen LogP contribution in [-0.2, 0) is 9.53 Å². The highest BCUT2D eigenvalue weighted by Crippen LogP contribution is 2.29. The lowest BCUT2D eigenvalue weighted by Crippen LogP contribution is -2.20. The topological polar surface area (TPSA) is 85.2 Å². The van der Waals surface area contributed by atoms with Gasteiger partial charge in [-0.2, -0.15) is 0 Å². The number of esters is 1. The van der Waals surface area contributed by atoms with Crippen molar-refractivity contribution in [2.24, 2.45) is 0 Å². The standard InChI is InChI=1S/C13H13BrO3.C7H9BO3S/c1-2-16-13(15)9-5-6-17-12-4-3-11(14)8-10(12)7-9;1-12-7-4-2-6(3-5-7)11-8(9)10/h3-4,7-8H,2,5-6H2,1H3;2-5,9-10H,1H3. The number of thioether (sulfide) groups is 1. The molecule has 0 radical (unpaired) electrons. The second-order valence-electron chi connectivity index (χ2n) is 5.79. The fourth-order valence-electron chi connectivity index (χ4n) is 2.46. The molecule has 0 bridgehead atoms. The lowest BCUT2D eigenvalue weighted by atomic mass is 10.1. The molecule has 1 aliphatic rings. The maximum Gasteiger partial charge on any atom is 0.707 e. The van der Waals surface area contributed by atoms with Crippen molar-refractivity contribution in [1.29, 1.82) is 0 Å². The maximum absolute atomic E-state index is 11.7. The summed E-state index contributed by atoms with van der Waals surface area (Å²) in [6, 6.07) is 12.8. The molecule has 0 aliphatic carbocycles. The van der Waals surface area contributed by atoms with E-state index in [0.29, 0.717) is 31.0 Å². The van der Waals surface area contributed by atoms with Gasteiger partial charge in [0.15, 0.2) is 0 Å². The molecule has 0 aromatic heterocycles. The highest BCUT2D eigenvalue weighted by Gasteiger charge is 2.16. The molecule has 0 saturated heterocycles. The van der Waals surface area contributed by atoms with Crippen LogP contribution in [0.25, 0.3) is 6.08 Å². The van der Waals surface area contributed by atoms with Gasteiger partial charge in [0.05, 0.1) is 13.2 Å². The molecule has 2 aromatic rings. The van der Waals surface area contributed by atoms with E-state index in [1.54, 1.807) is 30.8 Å². The summed E-state index contributed by atoms with van der Waals surface area (Å²) in [4.78, 5) is 12.8. The van der Waals surface area contributed by atoms with E-state index < -0.39 is 7.32 Å². The molecular weight excluding hydrogens is 459 g/mol. The monoisotopic (exact) mass is 480 g/mol. The van der Waals surface area contributed by atoms with E-state index in [1.165, 1.54) is 0 Å².